The maximum atomic E-state index is 2.23. The van der Waals surface area contributed by atoms with Crippen molar-refractivity contribution in [1.29, 1.82) is 0 Å². The van der Waals surface area contributed by atoms with Gasteiger partial charge in [0.2, 0.25) is 0 Å². The van der Waals surface area contributed by atoms with Crippen LogP contribution in [0.1, 0.15) is 0 Å². The fourth-order valence-electron chi connectivity index (χ4n) is 4.23. The Kier molecular flexibility index (Phi) is 13.9. The number of hydrogen-bond donors (Lipinski definition) is 0. The van der Waals surface area contributed by atoms with Crippen LogP contribution >= 0.6 is 15.8 Å². The van der Waals surface area contributed by atoms with Gasteiger partial charge in [-0.05, 0) is 88.4 Å². The summed E-state index contributed by atoms with van der Waals surface area (Å²) in [4.78, 5) is 0. The summed E-state index contributed by atoms with van der Waals surface area (Å²) >= 11 is 0. The molecule has 0 bridgehead atoms. The summed E-state index contributed by atoms with van der Waals surface area (Å²) in [6, 6.07) is 43.1. The second kappa shape index (κ2) is 16.9. The van der Waals surface area contributed by atoms with Crippen molar-refractivity contribution in [2.24, 2.45) is 0 Å². The Morgan fingerprint density at radius 3 is 0.737 bits per heavy atom. The van der Waals surface area contributed by atoms with Gasteiger partial charge in [0, 0.05) is 47.9 Å². The predicted molar refractivity (Wildman–Crippen MR) is 159 cm³/mol. The molecular formula is C34H28FeP2Rh. The Labute approximate surface area is 256 Å². The monoisotopic (exact) mass is 657 g/mol. The van der Waals surface area contributed by atoms with E-state index in [1.54, 1.807) is 0 Å². The van der Waals surface area contributed by atoms with Gasteiger partial charge in [-0.3, -0.25) is 0 Å². The van der Waals surface area contributed by atoms with Gasteiger partial charge in [-0.1, -0.05) is 121 Å². The molecule has 6 rings (SSSR count). The Morgan fingerprint density at radius 2 is 0.526 bits per heavy atom. The van der Waals surface area contributed by atoms with Gasteiger partial charge in [-0.25, -0.2) is 0 Å². The Hall–Kier alpha value is -1.12. The molecule has 0 spiro atoms. The van der Waals surface area contributed by atoms with Gasteiger partial charge in [0.15, 0.2) is 0 Å². The van der Waals surface area contributed by atoms with Crippen molar-refractivity contribution in [1.82, 2.24) is 0 Å². The molecule has 2 saturated carbocycles. The average molecular weight is 657 g/mol. The quantitative estimate of drug-likeness (QED) is 0.156. The molecule has 2 fully saturated rings. The second-order valence-corrected chi connectivity index (χ2v) is 12.7. The van der Waals surface area contributed by atoms with Crippen LogP contribution in [-0.2, 0) is 36.5 Å². The Balaban J connectivity index is 0.000000200. The van der Waals surface area contributed by atoms with Gasteiger partial charge in [0.05, 0.1) is 0 Å². The van der Waals surface area contributed by atoms with E-state index in [4.69, 9.17) is 0 Å². The van der Waals surface area contributed by atoms with Gasteiger partial charge < -0.3 is 0 Å². The molecule has 0 aliphatic heterocycles. The third kappa shape index (κ3) is 8.44. The van der Waals surface area contributed by atoms with Crippen molar-refractivity contribution >= 4 is 37.1 Å². The minimum absolute atomic E-state index is 0. The summed E-state index contributed by atoms with van der Waals surface area (Å²) < 4.78 is 0. The van der Waals surface area contributed by atoms with E-state index in [1.807, 2.05) is 0 Å². The number of rotatable bonds is 6. The van der Waals surface area contributed by atoms with E-state index in [0.29, 0.717) is 0 Å². The van der Waals surface area contributed by atoms with Crippen LogP contribution in [-0.4, -0.2) is 0 Å². The standard InChI is InChI=1S/2C17H14P.Fe.Rh/c2*1-3-9-15(10-4-1)18(17-13-7-8-14-17)16-11-5-2-6-12-16;;/h2*1-14H;;. The molecule has 4 aromatic rings. The molecular weight excluding hydrogens is 629 g/mol. The SMILES string of the molecule is [CH]1[CH][CH][C](P(c2ccccc2)c2ccccc2)[CH]1.[CH]1[CH][CH][C](P(c2ccccc2)c2ccccc2)[CH]1.[Fe].[Rh]. The zero-order chi connectivity index (χ0) is 24.4. The van der Waals surface area contributed by atoms with Gasteiger partial charge in [-0.15, -0.1) is 0 Å². The molecule has 0 N–H and O–H groups in total. The smallest absolute Gasteiger partial charge is 0.0161 e. The first kappa shape index (κ1) is 31.4. The van der Waals surface area contributed by atoms with Crippen LogP contribution < -0.4 is 21.2 Å². The molecule has 0 aromatic heterocycles. The predicted octanol–water partition coefficient (Wildman–Crippen LogP) is 6.96. The summed E-state index contributed by atoms with van der Waals surface area (Å²) in [6.45, 7) is 0. The van der Waals surface area contributed by atoms with Crippen molar-refractivity contribution in [2.75, 3.05) is 0 Å². The minimum Gasteiger partial charge on any atom is -0.0622 e. The van der Waals surface area contributed by atoms with Gasteiger partial charge in [0.25, 0.3) is 0 Å². The van der Waals surface area contributed by atoms with Crippen LogP contribution in [0.3, 0.4) is 0 Å². The van der Waals surface area contributed by atoms with E-state index in [2.05, 4.69) is 173 Å². The van der Waals surface area contributed by atoms with E-state index in [9.17, 15) is 0 Å². The van der Waals surface area contributed by atoms with E-state index in [-0.39, 0.29) is 36.5 Å². The molecule has 4 aromatic carbocycles. The maximum Gasteiger partial charge on any atom is 0.0161 e. The molecule has 11 radical (unpaired) electrons. The third-order valence-electron chi connectivity index (χ3n) is 5.86. The summed E-state index contributed by atoms with van der Waals surface area (Å²) in [6.07, 6.45) is 17.4. The van der Waals surface area contributed by atoms with Crippen molar-refractivity contribution in [3.8, 4) is 0 Å². The van der Waals surface area contributed by atoms with Crippen LogP contribution in [0.5, 0.6) is 0 Å². The maximum absolute atomic E-state index is 2.23. The van der Waals surface area contributed by atoms with Crippen LogP contribution in [0.15, 0.2) is 121 Å². The molecule has 0 unspecified atom stereocenters. The Morgan fingerprint density at radius 1 is 0.316 bits per heavy atom. The van der Waals surface area contributed by atoms with Gasteiger partial charge in [-0.2, -0.15) is 0 Å². The molecule has 2 aliphatic carbocycles. The first-order valence-corrected chi connectivity index (χ1v) is 14.8. The zero-order valence-electron chi connectivity index (χ0n) is 20.7. The summed E-state index contributed by atoms with van der Waals surface area (Å²) in [5.74, 6) is 0. The zero-order valence-corrected chi connectivity index (χ0v) is 25.3. The summed E-state index contributed by atoms with van der Waals surface area (Å²) in [5.41, 5.74) is 2.84. The molecule has 38 heavy (non-hydrogen) atoms. The molecule has 191 valence electrons. The second-order valence-electron chi connectivity index (χ2n) is 8.30. The summed E-state index contributed by atoms with van der Waals surface area (Å²) in [5, 5.41) is 5.63. The molecule has 0 nitrogen and oxygen atoms in total. The van der Waals surface area contributed by atoms with Crippen molar-refractivity contribution in [2.45, 2.75) is 0 Å². The molecule has 0 atom stereocenters. The average Bonchev–Trinajstić information content (AvgIpc) is 3.68. The van der Waals surface area contributed by atoms with Crippen LogP contribution in [0.4, 0.5) is 0 Å². The van der Waals surface area contributed by atoms with Crippen molar-refractivity contribution in [3.63, 3.8) is 0 Å². The molecule has 4 heteroatoms. The first-order valence-electron chi connectivity index (χ1n) is 12.1. The fourth-order valence-corrected chi connectivity index (χ4v) is 8.84. The van der Waals surface area contributed by atoms with Crippen LogP contribution in [0.2, 0.25) is 0 Å². The third-order valence-corrected chi connectivity index (χ3v) is 10.8. The Bertz CT molecular complexity index is 972. The van der Waals surface area contributed by atoms with E-state index in [1.165, 1.54) is 32.5 Å². The fraction of sp³-hybridized carbons (Fsp3) is 0. The number of benzene rings is 4. The number of hydrogen-bond acceptors (Lipinski definition) is 0. The minimum atomic E-state index is -0.409. The van der Waals surface area contributed by atoms with E-state index < -0.39 is 15.8 Å². The normalized spacial score (nSPS) is 15.4. The molecule has 0 saturated heterocycles. The molecule has 0 heterocycles. The van der Waals surface area contributed by atoms with Gasteiger partial charge in [0.1, 0.15) is 0 Å². The van der Waals surface area contributed by atoms with Crippen LogP contribution in [0, 0.1) is 62.7 Å². The van der Waals surface area contributed by atoms with Crippen molar-refractivity contribution in [3.05, 3.63) is 184 Å². The van der Waals surface area contributed by atoms with Crippen LogP contribution in [0.25, 0.3) is 0 Å². The van der Waals surface area contributed by atoms with Crippen molar-refractivity contribution < 1.29 is 36.5 Å². The van der Waals surface area contributed by atoms with E-state index in [0.717, 1.165) is 0 Å². The summed E-state index contributed by atoms with van der Waals surface area (Å²) in [7, 11) is -0.818. The molecule has 0 amide bonds. The van der Waals surface area contributed by atoms with Gasteiger partial charge >= 0.3 is 0 Å². The topological polar surface area (TPSA) is 0 Å². The largest absolute Gasteiger partial charge is 0.0622 e. The first-order chi connectivity index (χ1) is 17.9. The molecule has 2 aliphatic rings. The van der Waals surface area contributed by atoms with E-state index >= 15 is 0 Å².